The zero-order valence-corrected chi connectivity index (χ0v) is 13.0. The molecule has 2 heterocycles. The fourth-order valence-electron chi connectivity index (χ4n) is 3.91. The minimum Gasteiger partial charge on any atom is -0.312 e. The largest absolute Gasteiger partial charge is 0.312 e. The third-order valence-electron chi connectivity index (χ3n) is 5.32. The Hall–Kier alpha value is -0.860. The molecule has 2 aliphatic heterocycles. The van der Waals surface area contributed by atoms with Crippen molar-refractivity contribution in [2.75, 3.05) is 13.1 Å². The van der Waals surface area contributed by atoms with Crippen LogP contribution in [0.15, 0.2) is 18.2 Å². The van der Waals surface area contributed by atoms with Crippen LogP contribution in [0.1, 0.15) is 48.8 Å². The number of hydrogen-bond donors (Lipinski definition) is 1. The van der Waals surface area contributed by atoms with E-state index in [4.69, 9.17) is 0 Å². The summed E-state index contributed by atoms with van der Waals surface area (Å²) in [7, 11) is 0. The molecular formula is C18H28N2. The van der Waals surface area contributed by atoms with Crippen LogP contribution in [-0.2, 0) is 6.54 Å². The lowest BCUT2D eigenvalue weighted by Gasteiger charge is -2.39. The highest BCUT2D eigenvalue weighted by Crippen LogP contribution is 2.26. The van der Waals surface area contributed by atoms with Crippen molar-refractivity contribution in [3.8, 4) is 0 Å². The number of hydrogen-bond acceptors (Lipinski definition) is 2. The summed E-state index contributed by atoms with van der Waals surface area (Å²) in [5, 5.41) is 3.73. The molecular weight excluding hydrogens is 244 g/mol. The van der Waals surface area contributed by atoms with Gasteiger partial charge in [-0.2, -0.15) is 0 Å². The second kappa shape index (κ2) is 6.28. The van der Waals surface area contributed by atoms with Gasteiger partial charge in [-0.05, 0) is 69.3 Å². The number of likely N-dealkylation sites (tertiary alicyclic amines) is 1. The third-order valence-corrected chi connectivity index (χ3v) is 5.32. The molecule has 2 heteroatoms. The molecule has 3 rings (SSSR count). The molecule has 0 spiro atoms. The molecule has 2 saturated heterocycles. The van der Waals surface area contributed by atoms with Gasteiger partial charge >= 0.3 is 0 Å². The van der Waals surface area contributed by atoms with E-state index >= 15 is 0 Å². The maximum atomic E-state index is 3.73. The molecule has 0 amide bonds. The van der Waals surface area contributed by atoms with Crippen molar-refractivity contribution in [3.63, 3.8) is 0 Å². The lowest BCUT2D eigenvalue weighted by Crippen LogP contribution is -2.49. The molecule has 2 nitrogen and oxygen atoms in total. The second-order valence-corrected chi connectivity index (χ2v) is 6.60. The van der Waals surface area contributed by atoms with Gasteiger partial charge in [-0.15, -0.1) is 0 Å². The van der Waals surface area contributed by atoms with E-state index in [1.54, 1.807) is 0 Å². The first-order valence-electron chi connectivity index (χ1n) is 8.28. The predicted molar refractivity (Wildman–Crippen MR) is 85.0 cm³/mol. The standard InChI is InChI=1S/C18H28N2/c1-14-7-5-8-16(15(14)2)13-20-12-4-3-10-18(20)17-9-6-11-19-17/h5,7-8,17-19H,3-4,6,9-13H2,1-2H3. The molecule has 2 aliphatic rings. The van der Waals surface area contributed by atoms with Crippen molar-refractivity contribution < 1.29 is 0 Å². The van der Waals surface area contributed by atoms with Crippen LogP contribution in [0, 0.1) is 13.8 Å². The Morgan fingerprint density at radius 3 is 2.85 bits per heavy atom. The van der Waals surface area contributed by atoms with Crippen LogP contribution < -0.4 is 5.32 Å². The van der Waals surface area contributed by atoms with Gasteiger partial charge in [0.1, 0.15) is 0 Å². The number of piperidine rings is 1. The SMILES string of the molecule is Cc1cccc(CN2CCCCC2C2CCCN2)c1C. The smallest absolute Gasteiger partial charge is 0.0252 e. The van der Waals surface area contributed by atoms with Crippen molar-refractivity contribution in [1.82, 2.24) is 10.2 Å². The number of nitrogens with one attached hydrogen (secondary N) is 1. The van der Waals surface area contributed by atoms with E-state index in [1.165, 1.54) is 61.9 Å². The van der Waals surface area contributed by atoms with Crippen molar-refractivity contribution in [1.29, 1.82) is 0 Å². The van der Waals surface area contributed by atoms with Gasteiger partial charge in [-0.3, -0.25) is 4.90 Å². The zero-order valence-electron chi connectivity index (χ0n) is 13.0. The normalized spacial score (nSPS) is 27.9. The molecule has 0 radical (unpaired) electrons. The number of nitrogens with zero attached hydrogens (tertiary/aromatic N) is 1. The Labute approximate surface area is 123 Å². The highest BCUT2D eigenvalue weighted by Gasteiger charge is 2.31. The number of benzene rings is 1. The maximum Gasteiger partial charge on any atom is 0.0252 e. The first-order chi connectivity index (χ1) is 9.75. The summed E-state index contributed by atoms with van der Waals surface area (Å²) >= 11 is 0. The van der Waals surface area contributed by atoms with E-state index in [9.17, 15) is 0 Å². The van der Waals surface area contributed by atoms with E-state index in [0.29, 0.717) is 0 Å². The van der Waals surface area contributed by atoms with Crippen molar-refractivity contribution in [2.45, 2.75) is 64.6 Å². The summed E-state index contributed by atoms with van der Waals surface area (Å²) < 4.78 is 0. The summed E-state index contributed by atoms with van der Waals surface area (Å²) in [5.74, 6) is 0. The summed E-state index contributed by atoms with van der Waals surface area (Å²) in [6.45, 7) is 8.13. The van der Waals surface area contributed by atoms with Crippen molar-refractivity contribution >= 4 is 0 Å². The van der Waals surface area contributed by atoms with Crippen LogP contribution in [0.5, 0.6) is 0 Å². The van der Waals surface area contributed by atoms with Gasteiger partial charge < -0.3 is 5.32 Å². The van der Waals surface area contributed by atoms with Crippen LogP contribution in [0.3, 0.4) is 0 Å². The average molecular weight is 272 g/mol. The monoisotopic (exact) mass is 272 g/mol. The van der Waals surface area contributed by atoms with E-state index in [2.05, 4.69) is 42.3 Å². The molecule has 110 valence electrons. The molecule has 1 N–H and O–H groups in total. The van der Waals surface area contributed by atoms with Crippen LogP contribution in [0.2, 0.25) is 0 Å². The van der Waals surface area contributed by atoms with Gasteiger partial charge in [0.2, 0.25) is 0 Å². The van der Waals surface area contributed by atoms with Crippen molar-refractivity contribution in [3.05, 3.63) is 34.9 Å². The van der Waals surface area contributed by atoms with E-state index < -0.39 is 0 Å². The molecule has 0 bridgehead atoms. The highest BCUT2D eigenvalue weighted by molar-refractivity contribution is 5.33. The van der Waals surface area contributed by atoms with Gasteiger partial charge in [0.15, 0.2) is 0 Å². The molecule has 2 fully saturated rings. The second-order valence-electron chi connectivity index (χ2n) is 6.60. The van der Waals surface area contributed by atoms with Crippen molar-refractivity contribution in [2.24, 2.45) is 0 Å². The van der Waals surface area contributed by atoms with Gasteiger partial charge in [-0.1, -0.05) is 24.6 Å². The molecule has 0 saturated carbocycles. The highest BCUT2D eigenvalue weighted by atomic mass is 15.2. The average Bonchev–Trinajstić information content (AvgIpc) is 2.98. The maximum absolute atomic E-state index is 3.73. The molecule has 20 heavy (non-hydrogen) atoms. The van der Waals surface area contributed by atoms with E-state index in [0.717, 1.165) is 18.6 Å². The Balaban J connectivity index is 1.74. The lowest BCUT2D eigenvalue weighted by atomic mass is 9.93. The van der Waals surface area contributed by atoms with Crippen LogP contribution in [0.4, 0.5) is 0 Å². The van der Waals surface area contributed by atoms with Gasteiger partial charge in [0.25, 0.3) is 0 Å². The topological polar surface area (TPSA) is 15.3 Å². The molecule has 2 unspecified atom stereocenters. The minimum atomic E-state index is 0.736. The quantitative estimate of drug-likeness (QED) is 0.907. The molecule has 1 aromatic carbocycles. The summed E-state index contributed by atoms with van der Waals surface area (Å²) in [6.07, 6.45) is 6.88. The first kappa shape index (κ1) is 14.1. The molecule has 0 aromatic heterocycles. The van der Waals surface area contributed by atoms with Gasteiger partial charge in [0, 0.05) is 18.6 Å². The van der Waals surface area contributed by atoms with E-state index in [1.807, 2.05) is 0 Å². The molecule has 0 aliphatic carbocycles. The zero-order chi connectivity index (χ0) is 13.9. The minimum absolute atomic E-state index is 0.736. The molecule has 1 aromatic rings. The number of rotatable bonds is 3. The lowest BCUT2D eigenvalue weighted by molar-refractivity contribution is 0.112. The van der Waals surface area contributed by atoms with Gasteiger partial charge in [-0.25, -0.2) is 0 Å². The fraction of sp³-hybridized carbons (Fsp3) is 0.667. The summed E-state index contributed by atoms with van der Waals surface area (Å²) in [6, 6.07) is 8.25. The van der Waals surface area contributed by atoms with Gasteiger partial charge in [0.05, 0.1) is 0 Å². The number of aryl methyl sites for hydroxylation is 1. The Kier molecular flexibility index (Phi) is 4.42. The third kappa shape index (κ3) is 2.91. The van der Waals surface area contributed by atoms with Crippen LogP contribution in [0.25, 0.3) is 0 Å². The molecule has 2 atom stereocenters. The Bertz CT molecular complexity index is 449. The fourth-order valence-corrected chi connectivity index (χ4v) is 3.91. The predicted octanol–water partition coefficient (Wildman–Crippen LogP) is 3.41. The Morgan fingerprint density at radius 2 is 2.05 bits per heavy atom. The first-order valence-corrected chi connectivity index (χ1v) is 8.28. The summed E-state index contributed by atoms with van der Waals surface area (Å²) in [5.41, 5.74) is 4.43. The van der Waals surface area contributed by atoms with E-state index in [-0.39, 0.29) is 0 Å². The van der Waals surface area contributed by atoms with Crippen LogP contribution in [-0.4, -0.2) is 30.1 Å². The van der Waals surface area contributed by atoms with Crippen LogP contribution >= 0.6 is 0 Å². The summed E-state index contributed by atoms with van der Waals surface area (Å²) in [4.78, 5) is 2.74. The Morgan fingerprint density at radius 1 is 1.15 bits per heavy atom.